The van der Waals surface area contributed by atoms with Crippen molar-refractivity contribution in [1.82, 2.24) is 9.38 Å². The molecule has 2 heterocycles. The van der Waals surface area contributed by atoms with Gasteiger partial charge in [0, 0.05) is 10.9 Å². The Kier molecular flexibility index (Phi) is 2.65. The SMILES string of the molecule is COc1ccc(-c2csc3cnc(N)n23)c(Cl)c1. The van der Waals surface area contributed by atoms with Crippen molar-refractivity contribution in [3.05, 3.63) is 34.8 Å². The topological polar surface area (TPSA) is 52.5 Å². The second-order valence-electron chi connectivity index (χ2n) is 3.76. The van der Waals surface area contributed by atoms with E-state index >= 15 is 0 Å². The number of rotatable bonds is 2. The van der Waals surface area contributed by atoms with Gasteiger partial charge in [0.05, 0.1) is 24.0 Å². The fraction of sp³-hybridized carbons (Fsp3) is 0.0833. The van der Waals surface area contributed by atoms with Crippen LogP contribution in [0.5, 0.6) is 5.75 Å². The first-order valence-corrected chi connectivity index (χ1v) is 6.51. The molecule has 0 aliphatic rings. The molecule has 2 N–H and O–H groups in total. The van der Waals surface area contributed by atoms with E-state index in [4.69, 9.17) is 22.1 Å². The van der Waals surface area contributed by atoms with Crippen LogP contribution in [-0.2, 0) is 0 Å². The number of halogens is 1. The Bertz CT molecular complexity index is 719. The Morgan fingerprint density at radius 3 is 3.00 bits per heavy atom. The maximum absolute atomic E-state index is 6.27. The summed E-state index contributed by atoms with van der Waals surface area (Å²) in [6, 6.07) is 5.58. The van der Waals surface area contributed by atoms with Gasteiger partial charge in [-0.05, 0) is 18.2 Å². The van der Waals surface area contributed by atoms with Crippen LogP contribution in [0.25, 0.3) is 16.1 Å². The van der Waals surface area contributed by atoms with Crippen molar-refractivity contribution < 1.29 is 4.74 Å². The first-order valence-electron chi connectivity index (χ1n) is 5.25. The van der Waals surface area contributed by atoms with Crippen LogP contribution in [0.2, 0.25) is 5.02 Å². The van der Waals surface area contributed by atoms with Crippen molar-refractivity contribution in [3.8, 4) is 17.0 Å². The molecule has 0 amide bonds. The summed E-state index contributed by atoms with van der Waals surface area (Å²) in [7, 11) is 1.61. The predicted octanol–water partition coefficient (Wildman–Crippen LogP) is 3.31. The summed E-state index contributed by atoms with van der Waals surface area (Å²) < 4.78 is 7.03. The molecule has 0 radical (unpaired) electrons. The third kappa shape index (κ3) is 1.63. The minimum absolute atomic E-state index is 0.466. The van der Waals surface area contributed by atoms with Gasteiger partial charge in [-0.1, -0.05) is 11.6 Å². The van der Waals surface area contributed by atoms with Crippen molar-refractivity contribution in [2.45, 2.75) is 0 Å². The lowest BCUT2D eigenvalue weighted by atomic mass is 10.1. The highest BCUT2D eigenvalue weighted by molar-refractivity contribution is 7.16. The number of fused-ring (bicyclic) bond motifs is 1. The summed E-state index contributed by atoms with van der Waals surface area (Å²) in [4.78, 5) is 5.08. The highest BCUT2D eigenvalue weighted by Gasteiger charge is 2.13. The van der Waals surface area contributed by atoms with E-state index in [1.165, 1.54) is 0 Å². The molecule has 3 aromatic rings. The van der Waals surface area contributed by atoms with Crippen LogP contribution in [0.1, 0.15) is 0 Å². The molecule has 6 heteroatoms. The average molecular weight is 280 g/mol. The van der Waals surface area contributed by atoms with E-state index < -0.39 is 0 Å². The number of anilines is 1. The van der Waals surface area contributed by atoms with Crippen molar-refractivity contribution in [2.24, 2.45) is 0 Å². The minimum atomic E-state index is 0.466. The summed E-state index contributed by atoms with van der Waals surface area (Å²) in [5.74, 6) is 1.20. The summed E-state index contributed by atoms with van der Waals surface area (Å²) in [6.45, 7) is 0. The summed E-state index contributed by atoms with van der Waals surface area (Å²) >= 11 is 7.85. The number of thiazole rings is 1. The first kappa shape index (κ1) is 11.4. The van der Waals surface area contributed by atoms with E-state index in [9.17, 15) is 0 Å². The number of nitrogens with two attached hydrogens (primary N) is 1. The van der Waals surface area contributed by atoms with E-state index in [1.54, 1.807) is 30.7 Å². The minimum Gasteiger partial charge on any atom is -0.497 e. The third-order valence-corrected chi connectivity index (χ3v) is 3.92. The van der Waals surface area contributed by atoms with Crippen LogP contribution < -0.4 is 10.5 Å². The summed E-state index contributed by atoms with van der Waals surface area (Å²) in [5.41, 5.74) is 7.71. The quantitative estimate of drug-likeness (QED) is 0.783. The number of aromatic nitrogens is 2. The summed E-state index contributed by atoms with van der Waals surface area (Å²) in [5, 5.41) is 2.64. The van der Waals surface area contributed by atoms with Gasteiger partial charge < -0.3 is 10.5 Å². The van der Waals surface area contributed by atoms with E-state index in [2.05, 4.69) is 4.98 Å². The molecule has 0 fully saturated rings. The molecule has 0 aliphatic heterocycles. The number of ether oxygens (including phenoxy) is 1. The molecule has 2 aromatic heterocycles. The lowest BCUT2D eigenvalue weighted by Gasteiger charge is -2.06. The van der Waals surface area contributed by atoms with Crippen LogP contribution in [0.3, 0.4) is 0 Å². The van der Waals surface area contributed by atoms with Crippen LogP contribution >= 0.6 is 22.9 Å². The van der Waals surface area contributed by atoms with Crippen molar-refractivity contribution in [3.63, 3.8) is 0 Å². The van der Waals surface area contributed by atoms with Gasteiger partial charge in [-0.2, -0.15) is 0 Å². The zero-order valence-corrected chi connectivity index (χ0v) is 11.1. The Labute approximate surface area is 113 Å². The standard InChI is InChI=1S/C12H10ClN3OS/c1-17-7-2-3-8(9(13)4-7)10-6-18-11-5-15-12(14)16(10)11/h2-6H,1H3,(H2,14,15). The second kappa shape index (κ2) is 4.19. The lowest BCUT2D eigenvalue weighted by molar-refractivity contribution is 0.415. The molecule has 3 rings (SSSR count). The smallest absolute Gasteiger partial charge is 0.206 e. The normalized spacial score (nSPS) is 11.0. The molecule has 0 spiro atoms. The molecule has 0 bridgehead atoms. The largest absolute Gasteiger partial charge is 0.497 e. The average Bonchev–Trinajstić information content (AvgIpc) is 2.93. The Morgan fingerprint density at radius 2 is 2.28 bits per heavy atom. The Morgan fingerprint density at radius 1 is 1.44 bits per heavy atom. The number of hydrogen-bond acceptors (Lipinski definition) is 4. The maximum atomic E-state index is 6.27. The number of methoxy groups -OCH3 is 1. The van der Waals surface area contributed by atoms with Gasteiger partial charge in [0.15, 0.2) is 0 Å². The fourth-order valence-electron chi connectivity index (χ4n) is 1.86. The van der Waals surface area contributed by atoms with Gasteiger partial charge in [-0.25, -0.2) is 4.98 Å². The molecule has 18 heavy (non-hydrogen) atoms. The van der Waals surface area contributed by atoms with Gasteiger partial charge in [-0.3, -0.25) is 4.40 Å². The van der Waals surface area contributed by atoms with Gasteiger partial charge in [-0.15, -0.1) is 11.3 Å². The van der Waals surface area contributed by atoms with Crippen LogP contribution in [0.4, 0.5) is 5.95 Å². The second-order valence-corrected chi connectivity index (χ2v) is 5.05. The molecule has 4 nitrogen and oxygen atoms in total. The number of nitrogens with zero attached hydrogens (tertiary/aromatic N) is 2. The van der Waals surface area contributed by atoms with Crippen molar-refractivity contribution in [1.29, 1.82) is 0 Å². The first-order chi connectivity index (χ1) is 8.70. The lowest BCUT2D eigenvalue weighted by Crippen LogP contribution is -1.95. The van der Waals surface area contributed by atoms with Crippen molar-refractivity contribution in [2.75, 3.05) is 12.8 Å². The number of hydrogen-bond donors (Lipinski definition) is 1. The van der Waals surface area contributed by atoms with Crippen LogP contribution in [0, 0.1) is 0 Å². The zero-order chi connectivity index (χ0) is 12.7. The van der Waals surface area contributed by atoms with Crippen LogP contribution in [0.15, 0.2) is 29.8 Å². The highest BCUT2D eigenvalue weighted by Crippen LogP contribution is 2.34. The fourth-order valence-corrected chi connectivity index (χ4v) is 3.00. The molecular weight excluding hydrogens is 270 g/mol. The molecule has 92 valence electrons. The van der Waals surface area contributed by atoms with E-state index in [0.717, 1.165) is 21.8 Å². The maximum Gasteiger partial charge on any atom is 0.206 e. The van der Waals surface area contributed by atoms with Gasteiger partial charge in [0.1, 0.15) is 10.6 Å². The molecule has 0 atom stereocenters. The summed E-state index contributed by atoms with van der Waals surface area (Å²) in [6.07, 6.45) is 1.75. The Balaban J connectivity index is 2.22. The molecule has 0 saturated carbocycles. The van der Waals surface area contributed by atoms with E-state index in [0.29, 0.717) is 11.0 Å². The number of benzene rings is 1. The Hall–Kier alpha value is -1.72. The number of nitrogen functional groups attached to an aromatic ring is 1. The molecular formula is C12H10ClN3OS. The van der Waals surface area contributed by atoms with Gasteiger partial charge in [0.2, 0.25) is 5.95 Å². The monoisotopic (exact) mass is 279 g/mol. The van der Waals surface area contributed by atoms with Gasteiger partial charge in [0.25, 0.3) is 0 Å². The predicted molar refractivity (Wildman–Crippen MR) is 74.5 cm³/mol. The van der Waals surface area contributed by atoms with Crippen molar-refractivity contribution >= 4 is 33.7 Å². The third-order valence-electron chi connectivity index (χ3n) is 2.74. The van der Waals surface area contributed by atoms with Crippen LogP contribution in [-0.4, -0.2) is 16.5 Å². The molecule has 0 aliphatic carbocycles. The highest BCUT2D eigenvalue weighted by atomic mass is 35.5. The zero-order valence-electron chi connectivity index (χ0n) is 9.55. The molecule has 1 aromatic carbocycles. The van der Waals surface area contributed by atoms with Gasteiger partial charge >= 0.3 is 0 Å². The number of imidazole rings is 1. The van der Waals surface area contributed by atoms with E-state index in [-0.39, 0.29) is 0 Å². The molecule has 0 unspecified atom stereocenters. The van der Waals surface area contributed by atoms with E-state index in [1.807, 2.05) is 21.9 Å². The molecule has 0 saturated heterocycles.